The second-order valence-electron chi connectivity index (χ2n) is 9.98. The predicted molar refractivity (Wildman–Crippen MR) is 151 cm³/mol. The van der Waals surface area contributed by atoms with Crippen LogP contribution in [0, 0.1) is 11.8 Å². The van der Waals surface area contributed by atoms with Crippen molar-refractivity contribution >= 4 is 35.0 Å². The van der Waals surface area contributed by atoms with Crippen molar-refractivity contribution in [3.05, 3.63) is 82.6 Å². The van der Waals surface area contributed by atoms with E-state index in [2.05, 4.69) is 10.6 Å². The number of nitrogens with two attached hydrogens (primary N) is 2. The van der Waals surface area contributed by atoms with Gasteiger partial charge in [0.15, 0.2) is 0 Å². The van der Waals surface area contributed by atoms with Crippen LogP contribution in [-0.2, 0) is 32.0 Å². The molecule has 4 rings (SSSR count). The molecule has 1 aliphatic rings. The van der Waals surface area contributed by atoms with E-state index in [0.717, 1.165) is 34.4 Å². The number of rotatable bonds is 11. The first-order valence-corrected chi connectivity index (χ1v) is 14.1. The smallest absolute Gasteiger partial charge is 0.243 e. The molecule has 9 heteroatoms. The lowest BCUT2D eigenvalue weighted by atomic mass is 9.78. The maximum absolute atomic E-state index is 13.4. The molecule has 6 N–H and O–H groups in total. The zero-order valence-electron chi connectivity index (χ0n) is 21.7. The van der Waals surface area contributed by atoms with Crippen molar-refractivity contribution < 1.29 is 19.2 Å². The number of amides is 4. The van der Waals surface area contributed by atoms with E-state index in [1.165, 1.54) is 11.3 Å². The number of hydrogen-bond acceptors (Lipinski definition) is 5. The second-order valence-corrected chi connectivity index (χ2v) is 11.0. The highest BCUT2D eigenvalue weighted by molar-refractivity contribution is 7.09. The highest BCUT2D eigenvalue weighted by atomic mass is 32.1. The molecular weight excluding hydrogens is 512 g/mol. The number of carbonyl (C=O) groups is 4. The van der Waals surface area contributed by atoms with Gasteiger partial charge in [-0.1, -0.05) is 73.5 Å². The molecule has 1 saturated carbocycles. The third-order valence-electron chi connectivity index (χ3n) is 7.25. The molecule has 4 amide bonds. The predicted octanol–water partition coefficient (Wildman–Crippen LogP) is 2.95. The maximum Gasteiger partial charge on any atom is 0.243 e. The molecule has 39 heavy (non-hydrogen) atoms. The molecule has 0 spiro atoms. The number of nitrogens with one attached hydrogen (secondary N) is 2. The Morgan fingerprint density at radius 2 is 1.44 bits per heavy atom. The first kappa shape index (κ1) is 28.0. The van der Waals surface area contributed by atoms with Crippen LogP contribution in [-0.4, -0.2) is 35.7 Å². The number of carbonyl (C=O) groups excluding carboxylic acids is 4. The van der Waals surface area contributed by atoms with Gasteiger partial charge in [-0.15, -0.1) is 11.3 Å². The lowest BCUT2D eigenvalue weighted by Gasteiger charge is -2.30. The fourth-order valence-corrected chi connectivity index (χ4v) is 5.85. The van der Waals surface area contributed by atoms with Crippen molar-refractivity contribution in [2.45, 2.75) is 50.6 Å². The number of primary amides is 2. The summed E-state index contributed by atoms with van der Waals surface area (Å²) in [5, 5.41) is 7.48. The average molecular weight is 547 g/mol. The van der Waals surface area contributed by atoms with Crippen molar-refractivity contribution in [2.24, 2.45) is 23.3 Å². The summed E-state index contributed by atoms with van der Waals surface area (Å²) < 4.78 is 0. The van der Waals surface area contributed by atoms with E-state index < -0.39 is 41.6 Å². The molecule has 204 valence electrons. The zero-order valence-corrected chi connectivity index (χ0v) is 22.5. The van der Waals surface area contributed by atoms with Gasteiger partial charge in [-0.25, -0.2) is 0 Å². The monoisotopic (exact) mass is 546 g/mol. The highest BCUT2D eigenvalue weighted by Crippen LogP contribution is 2.30. The minimum absolute atomic E-state index is 0.211. The Labute approximate surface area is 232 Å². The average Bonchev–Trinajstić information content (AvgIpc) is 3.46. The summed E-state index contributed by atoms with van der Waals surface area (Å²) in [5.74, 6) is -3.18. The van der Waals surface area contributed by atoms with Crippen LogP contribution in [0.25, 0.3) is 11.1 Å². The SMILES string of the molecule is NC(=O)[C@H](Cc1ccc(-c2ccccc2)cc1)NC(=O)[C@@H](Cc1cccs1)NC(=O)[C@H]1CCCC[C@H]1C(N)=O. The Hall–Kier alpha value is -3.98. The van der Waals surface area contributed by atoms with Crippen LogP contribution in [0.1, 0.15) is 36.1 Å². The third kappa shape index (κ3) is 7.54. The van der Waals surface area contributed by atoms with Crippen molar-refractivity contribution in [2.75, 3.05) is 0 Å². The summed E-state index contributed by atoms with van der Waals surface area (Å²) in [5.41, 5.74) is 14.2. The summed E-state index contributed by atoms with van der Waals surface area (Å²) in [6, 6.07) is 19.5. The van der Waals surface area contributed by atoms with Gasteiger partial charge in [-0.2, -0.15) is 0 Å². The van der Waals surface area contributed by atoms with E-state index in [4.69, 9.17) is 11.5 Å². The molecule has 1 aromatic heterocycles. The van der Waals surface area contributed by atoms with Crippen LogP contribution in [0.2, 0.25) is 0 Å². The fourth-order valence-electron chi connectivity index (χ4n) is 5.10. The van der Waals surface area contributed by atoms with Crippen LogP contribution in [0.15, 0.2) is 72.1 Å². The molecule has 0 saturated heterocycles. The summed E-state index contributed by atoms with van der Waals surface area (Å²) in [6.45, 7) is 0. The normalized spacial score (nSPS) is 18.5. The van der Waals surface area contributed by atoms with Crippen molar-refractivity contribution in [1.29, 1.82) is 0 Å². The van der Waals surface area contributed by atoms with Crippen molar-refractivity contribution in [1.82, 2.24) is 10.6 Å². The quantitative estimate of drug-likeness (QED) is 0.293. The maximum atomic E-state index is 13.4. The molecule has 3 aromatic rings. The first-order chi connectivity index (χ1) is 18.8. The second kappa shape index (κ2) is 13.2. The van der Waals surface area contributed by atoms with Gasteiger partial charge in [-0.3, -0.25) is 19.2 Å². The molecule has 0 radical (unpaired) electrons. The molecular formula is C30H34N4O4S. The minimum Gasteiger partial charge on any atom is -0.369 e. The summed E-state index contributed by atoms with van der Waals surface area (Å²) in [7, 11) is 0. The summed E-state index contributed by atoms with van der Waals surface area (Å²) in [6.07, 6.45) is 3.21. The van der Waals surface area contributed by atoms with Gasteiger partial charge < -0.3 is 22.1 Å². The Bertz CT molecular complexity index is 1280. The Morgan fingerprint density at radius 3 is 2.05 bits per heavy atom. The van der Waals surface area contributed by atoms with Crippen LogP contribution in [0.3, 0.4) is 0 Å². The topological polar surface area (TPSA) is 144 Å². The van der Waals surface area contributed by atoms with Gasteiger partial charge in [-0.05, 0) is 41.0 Å². The van der Waals surface area contributed by atoms with Gasteiger partial charge in [0.25, 0.3) is 0 Å². The van der Waals surface area contributed by atoms with Crippen molar-refractivity contribution in [3.8, 4) is 11.1 Å². The van der Waals surface area contributed by atoms with Crippen LogP contribution in [0.5, 0.6) is 0 Å². The number of thiophene rings is 1. The van der Waals surface area contributed by atoms with Gasteiger partial charge in [0.05, 0.1) is 0 Å². The number of benzene rings is 2. The van der Waals surface area contributed by atoms with Gasteiger partial charge in [0.2, 0.25) is 23.6 Å². The summed E-state index contributed by atoms with van der Waals surface area (Å²) in [4.78, 5) is 51.8. The third-order valence-corrected chi connectivity index (χ3v) is 8.15. The molecule has 2 aromatic carbocycles. The Morgan fingerprint density at radius 1 is 0.769 bits per heavy atom. The lowest BCUT2D eigenvalue weighted by Crippen LogP contribution is -2.55. The molecule has 8 nitrogen and oxygen atoms in total. The van der Waals surface area contributed by atoms with E-state index in [1.807, 2.05) is 72.1 Å². The van der Waals surface area contributed by atoms with Crippen LogP contribution in [0.4, 0.5) is 0 Å². The Kier molecular flexibility index (Phi) is 9.49. The standard InChI is InChI=1S/C30H34N4O4S/c31-27(35)23-10-4-5-11-24(23)29(37)34-26(18-22-9-6-16-39-22)30(38)33-25(28(32)36)17-19-12-14-21(15-13-19)20-7-2-1-3-8-20/h1-3,6-9,12-16,23-26H,4-5,10-11,17-18H2,(H2,31,35)(H2,32,36)(H,33,38)(H,34,37)/t23-,24+,25+,26-/m1/s1. The van der Waals surface area contributed by atoms with E-state index in [9.17, 15) is 19.2 Å². The van der Waals surface area contributed by atoms with E-state index >= 15 is 0 Å². The molecule has 0 aliphatic heterocycles. The molecule has 0 bridgehead atoms. The van der Waals surface area contributed by atoms with Crippen LogP contribution >= 0.6 is 11.3 Å². The fraction of sp³-hybridized carbons (Fsp3) is 0.333. The minimum atomic E-state index is -0.962. The molecule has 1 aliphatic carbocycles. The van der Waals surface area contributed by atoms with Gasteiger partial charge in [0.1, 0.15) is 12.1 Å². The molecule has 0 unspecified atom stereocenters. The van der Waals surface area contributed by atoms with Crippen molar-refractivity contribution in [3.63, 3.8) is 0 Å². The number of hydrogen-bond donors (Lipinski definition) is 4. The van der Waals surface area contributed by atoms with E-state index in [-0.39, 0.29) is 18.7 Å². The zero-order chi connectivity index (χ0) is 27.8. The highest BCUT2D eigenvalue weighted by Gasteiger charge is 2.36. The lowest BCUT2D eigenvalue weighted by molar-refractivity contribution is -0.137. The largest absolute Gasteiger partial charge is 0.369 e. The Balaban J connectivity index is 1.46. The molecule has 1 fully saturated rings. The molecule has 1 heterocycles. The van der Waals surface area contributed by atoms with E-state index in [1.54, 1.807) is 0 Å². The van der Waals surface area contributed by atoms with Crippen LogP contribution < -0.4 is 22.1 Å². The van der Waals surface area contributed by atoms with Gasteiger partial charge >= 0.3 is 0 Å². The first-order valence-electron chi connectivity index (χ1n) is 13.2. The van der Waals surface area contributed by atoms with E-state index in [0.29, 0.717) is 12.8 Å². The summed E-state index contributed by atoms with van der Waals surface area (Å²) >= 11 is 1.47. The van der Waals surface area contributed by atoms with Gasteiger partial charge in [0, 0.05) is 29.6 Å². The molecule has 4 atom stereocenters.